The van der Waals surface area contributed by atoms with E-state index in [1.807, 2.05) is 47.0 Å². The van der Waals surface area contributed by atoms with E-state index in [2.05, 4.69) is 25.3 Å². The van der Waals surface area contributed by atoms with E-state index >= 15 is 0 Å². The van der Waals surface area contributed by atoms with E-state index in [4.69, 9.17) is 0 Å². The van der Waals surface area contributed by atoms with Gasteiger partial charge in [0.05, 0.1) is 3.91 Å². The van der Waals surface area contributed by atoms with Crippen molar-refractivity contribution in [3.05, 3.63) is 0 Å². The van der Waals surface area contributed by atoms with E-state index in [0.29, 0.717) is 5.25 Å². The molecule has 0 bridgehead atoms. The molecule has 0 unspecified atom stereocenters. The van der Waals surface area contributed by atoms with Gasteiger partial charge in [-0.25, -0.2) is 0 Å². The third kappa shape index (κ3) is 4.55. The molecule has 12 heavy (non-hydrogen) atoms. The summed E-state index contributed by atoms with van der Waals surface area (Å²) in [6.45, 7) is 0. The average molecular weight is 277 g/mol. The molecule has 0 aliphatic carbocycles. The molecule has 1 saturated heterocycles. The fourth-order valence-electron chi connectivity index (χ4n) is 0.669. The van der Waals surface area contributed by atoms with Crippen LogP contribution in [0, 0.1) is 0 Å². The van der Waals surface area contributed by atoms with Crippen LogP contribution in [0.1, 0.15) is 0 Å². The van der Waals surface area contributed by atoms with Gasteiger partial charge in [-0.15, -0.1) is 47.0 Å². The van der Waals surface area contributed by atoms with Crippen molar-refractivity contribution in [2.24, 2.45) is 0 Å². The van der Waals surface area contributed by atoms with Crippen molar-refractivity contribution in [2.45, 2.75) is 9.16 Å². The summed E-state index contributed by atoms with van der Waals surface area (Å²) in [4.78, 5) is 0. The topological polar surface area (TPSA) is 0 Å². The lowest BCUT2D eigenvalue weighted by atomic mass is 10.6. The first kappa shape index (κ1) is 12.2. The van der Waals surface area contributed by atoms with Crippen LogP contribution in [-0.4, -0.2) is 30.8 Å². The largest absolute Gasteiger partial charge is 0.178 e. The summed E-state index contributed by atoms with van der Waals surface area (Å²) in [5, 5.41) is 3.11. The predicted molar refractivity (Wildman–Crippen MR) is 75.4 cm³/mol. The molecule has 0 saturated carbocycles. The quantitative estimate of drug-likeness (QED) is 0.755. The smallest absolute Gasteiger partial charge is 0.0975 e. The van der Waals surface area contributed by atoms with Crippen LogP contribution in [0.5, 0.6) is 0 Å². The maximum absolute atomic E-state index is 4.30. The lowest BCUT2D eigenvalue weighted by Crippen LogP contribution is -2.11. The highest BCUT2D eigenvalue weighted by Crippen LogP contribution is 2.44. The zero-order chi connectivity index (χ0) is 8.81. The van der Waals surface area contributed by atoms with Crippen LogP contribution in [0.2, 0.25) is 0 Å². The van der Waals surface area contributed by atoms with E-state index in [-0.39, 0.29) is 0 Å². The first-order chi connectivity index (χ1) is 5.86. The van der Waals surface area contributed by atoms with Gasteiger partial charge in [-0.05, 0) is 0 Å². The Kier molecular flexibility index (Phi) is 7.50. The summed E-state index contributed by atoms with van der Waals surface area (Å²) in [5.41, 5.74) is 0. The normalized spacial score (nSPS) is 20.2. The molecule has 0 radical (unpaired) electrons. The summed E-state index contributed by atoms with van der Waals surface area (Å²) < 4.78 is 0.718. The molecule has 1 rings (SSSR count). The second-order valence-electron chi connectivity index (χ2n) is 2.19. The van der Waals surface area contributed by atoms with Crippen LogP contribution < -0.4 is 0 Å². The summed E-state index contributed by atoms with van der Waals surface area (Å²) in [6, 6.07) is 0. The standard InChI is InChI=1S/C6H12S6/c7-1-5(2-8)12-6-10-3-9-4-11-6/h5-8H,1-4H2. The molecule has 72 valence electrons. The Bertz CT molecular complexity index is 109. The van der Waals surface area contributed by atoms with Gasteiger partial charge in [-0.1, -0.05) is 0 Å². The SMILES string of the molecule is SCC(CS)SC1SCSCS1. The van der Waals surface area contributed by atoms with Crippen molar-refractivity contribution in [2.75, 3.05) is 21.7 Å². The Morgan fingerprint density at radius 1 is 1.25 bits per heavy atom. The van der Waals surface area contributed by atoms with Crippen LogP contribution in [0.3, 0.4) is 0 Å². The Hall–Kier alpha value is 2.10. The van der Waals surface area contributed by atoms with E-state index in [9.17, 15) is 0 Å². The summed E-state index contributed by atoms with van der Waals surface area (Å²) in [5.74, 6) is 1.89. The van der Waals surface area contributed by atoms with Gasteiger partial charge in [0.2, 0.25) is 0 Å². The monoisotopic (exact) mass is 276 g/mol. The highest BCUT2D eigenvalue weighted by molar-refractivity contribution is 8.40. The molecular formula is C6H12S6. The number of rotatable bonds is 4. The van der Waals surface area contributed by atoms with Crippen molar-refractivity contribution >= 4 is 72.3 Å². The number of thioether (sulfide) groups is 4. The molecule has 1 aliphatic rings. The maximum Gasteiger partial charge on any atom is 0.0975 e. The van der Waals surface area contributed by atoms with Crippen molar-refractivity contribution in [3.63, 3.8) is 0 Å². The van der Waals surface area contributed by atoms with Gasteiger partial charge >= 0.3 is 0 Å². The summed E-state index contributed by atoms with van der Waals surface area (Å²) in [7, 11) is 0. The van der Waals surface area contributed by atoms with Gasteiger partial charge in [0, 0.05) is 26.9 Å². The Morgan fingerprint density at radius 2 is 1.83 bits per heavy atom. The van der Waals surface area contributed by atoms with Gasteiger partial charge in [-0.2, -0.15) is 25.3 Å². The Morgan fingerprint density at radius 3 is 2.33 bits per heavy atom. The predicted octanol–water partition coefficient (Wildman–Crippen LogP) is 3.36. The molecular weight excluding hydrogens is 264 g/mol. The highest BCUT2D eigenvalue weighted by atomic mass is 32.3. The number of thiol groups is 2. The zero-order valence-electron chi connectivity index (χ0n) is 6.51. The van der Waals surface area contributed by atoms with Crippen molar-refractivity contribution in [1.29, 1.82) is 0 Å². The van der Waals surface area contributed by atoms with E-state index in [0.717, 1.165) is 15.4 Å². The molecule has 0 aromatic heterocycles. The zero-order valence-corrected chi connectivity index (χ0v) is 11.6. The van der Waals surface area contributed by atoms with Crippen LogP contribution in [0.4, 0.5) is 0 Å². The van der Waals surface area contributed by atoms with Crippen molar-refractivity contribution in [3.8, 4) is 0 Å². The Balaban J connectivity index is 2.18. The maximum atomic E-state index is 4.30. The fourth-order valence-corrected chi connectivity index (χ4v) is 8.63. The molecule has 0 amide bonds. The minimum Gasteiger partial charge on any atom is -0.178 e. The number of hydrogen-bond acceptors (Lipinski definition) is 6. The minimum atomic E-state index is 0.616. The van der Waals surface area contributed by atoms with Gasteiger partial charge in [0.1, 0.15) is 0 Å². The van der Waals surface area contributed by atoms with Gasteiger partial charge < -0.3 is 0 Å². The Labute approximate surface area is 102 Å². The first-order valence-corrected chi connectivity index (χ1v) is 9.01. The average Bonchev–Trinajstić information content (AvgIpc) is 2.16. The third-order valence-electron chi connectivity index (χ3n) is 1.29. The molecule has 0 spiro atoms. The van der Waals surface area contributed by atoms with Gasteiger partial charge in [-0.3, -0.25) is 0 Å². The summed E-state index contributed by atoms with van der Waals surface area (Å²) >= 11 is 16.7. The van der Waals surface area contributed by atoms with Crippen LogP contribution >= 0.6 is 72.3 Å². The summed E-state index contributed by atoms with van der Waals surface area (Å²) in [6.07, 6.45) is 0. The van der Waals surface area contributed by atoms with E-state index < -0.39 is 0 Å². The second kappa shape index (κ2) is 7.40. The molecule has 1 heterocycles. The van der Waals surface area contributed by atoms with Crippen molar-refractivity contribution < 1.29 is 0 Å². The highest BCUT2D eigenvalue weighted by Gasteiger charge is 2.18. The van der Waals surface area contributed by atoms with Crippen LogP contribution in [-0.2, 0) is 0 Å². The number of hydrogen-bond donors (Lipinski definition) is 2. The molecule has 0 nitrogen and oxygen atoms in total. The molecule has 6 heteroatoms. The lowest BCUT2D eigenvalue weighted by Gasteiger charge is -2.23. The van der Waals surface area contributed by atoms with E-state index in [1.165, 1.54) is 10.2 Å². The molecule has 0 aromatic rings. The van der Waals surface area contributed by atoms with Crippen LogP contribution in [0.15, 0.2) is 0 Å². The second-order valence-corrected chi connectivity index (χ2v) is 9.12. The molecule has 0 aromatic carbocycles. The third-order valence-corrected chi connectivity index (χ3v) is 8.87. The first-order valence-electron chi connectivity index (χ1n) is 3.55. The lowest BCUT2D eigenvalue weighted by molar-refractivity contribution is 1.16. The molecule has 0 N–H and O–H groups in total. The van der Waals surface area contributed by atoms with E-state index in [1.54, 1.807) is 0 Å². The molecule has 1 aliphatic heterocycles. The minimum absolute atomic E-state index is 0.616. The molecule has 1 fully saturated rings. The van der Waals surface area contributed by atoms with Gasteiger partial charge in [0.25, 0.3) is 0 Å². The fraction of sp³-hybridized carbons (Fsp3) is 1.00. The molecule has 0 atom stereocenters. The van der Waals surface area contributed by atoms with Crippen LogP contribution in [0.25, 0.3) is 0 Å². The van der Waals surface area contributed by atoms with Gasteiger partial charge in [0.15, 0.2) is 0 Å². The van der Waals surface area contributed by atoms with Crippen molar-refractivity contribution in [1.82, 2.24) is 0 Å².